The van der Waals surface area contributed by atoms with E-state index in [1.54, 1.807) is 0 Å². The molecule has 0 saturated carbocycles. The van der Waals surface area contributed by atoms with E-state index in [4.69, 9.17) is 13.8 Å². The number of ether oxygens (including phenoxy) is 2. The maximum Gasteiger partial charge on any atom is 0.296 e. The molecule has 2 aromatic rings. The summed E-state index contributed by atoms with van der Waals surface area (Å²) in [5.74, 6) is -0.738. The number of hydroxylamine groups is 1. The fraction of sp³-hybridized carbons (Fsp3) is 0.471. The first kappa shape index (κ1) is 30.0. The highest BCUT2D eigenvalue weighted by atomic mass is 32.2. The predicted molar refractivity (Wildman–Crippen MR) is 129 cm³/mol. The van der Waals surface area contributed by atoms with E-state index in [0.29, 0.717) is 19.9 Å². The smallest absolute Gasteiger partial charge is 0.296 e. The van der Waals surface area contributed by atoms with Crippen LogP contribution in [0.25, 0.3) is 0 Å². The minimum absolute atomic E-state index is 0.00134. The molecule has 36 heavy (non-hydrogen) atoms. The molecule has 16 nitrogen and oxygen atoms in total. The van der Waals surface area contributed by atoms with E-state index in [0.717, 1.165) is 31.3 Å². The molecular weight excluding hydrogens is 542 g/mol. The molecule has 19 heteroatoms. The van der Waals surface area contributed by atoms with Crippen molar-refractivity contribution in [3.8, 4) is 0 Å². The van der Waals surface area contributed by atoms with Gasteiger partial charge < -0.3 is 20.1 Å². The van der Waals surface area contributed by atoms with Gasteiger partial charge in [-0.1, -0.05) is 6.07 Å². The standard InChI is InChI=1S/C17H27N7O9S3/c1-30-7-6-19-15-22-16(24-17(23-15)34-33-20-10-18-11-31-2)21-14-8-13(36(28,29)32-3)5-4-12(14)9-35(25,26)27/h4-5,8,18,20H,6-7,9-11H2,1-3H3,(H,25,26,27)(H2,19,21,22,23,24). The van der Waals surface area contributed by atoms with Gasteiger partial charge in [-0.2, -0.15) is 37.3 Å². The zero-order valence-electron chi connectivity index (χ0n) is 19.5. The molecule has 0 aliphatic carbocycles. The van der Waals surface area contributed by atoms with E-state index < -0.39 is 26.0 Å². The highest BCUT2D eigenvalue weighted by molar-refractivity contribution is 7.94. The van der Waals surface area contributed by atoms with Gasteiger partial charge in [-0.15, -0.1) is 0 Å². The molecule has 0 radical (unpaired) electrons. The number of hydrogen-bond donors (Lipinski definition) is 5. The van der Waals surface area contributed by atoms with Gasteiger partial charge in [0.25, 0.3) is 20.2 Å². The van der Waals surface area contributed by atoms with E-state index in [-0.39, 0.29) is 39.9 Å². The van der Waals surface area contributed by atoms with Crippen LogP contribution >= 0.6 is 12.0 Å². The van der Waals surface area contributed by atoms with Crippen molar-refractivity contribution in [2.75, 3.05) is 58.5 Å². The average molecular weight is 570 g/mol. The number of nitrogens with one attached hydrogen (secondary N) is 4. The third-order valence-electron chi connectivity index (χ3n) is 4.00. The van der Waals surface area contributed by atoms with Gasteiger partial charge in [0, 0.05) is 26.5 Å². The van der Waals surface area contributed by atoms with Gasteiger partial charge in [-0.3, -0.25) is 14.1 Å². The Morgan fingerprint density at radius 2 is 1.78 bits per heavy atom. The van der Waals surface area contributed by atoms with Gasteiger partial charge in [0.2, 0.25) is 17.1 Å². The number of anilines is 3. The van der Waals surface area contributed by atoms with Crippen LogP contribution in [-0.4, -0.2) is 84.2 Å². The molecule has 0 unspecified atom stereocenters. The summed E-state index contributed by atoms with van der Waals surface area (Å²) in [6.45, 7) is 1.28. The van der Waals surface area contributed by atoms with Crippen LogP contribution in [-0.2, 0) is 43.9 Å². The highest BCUT2D eigenvalue weighted by Gasteiger charge is 2.19. The van der Waals surface area contributed by atoms with Gasteiger partial charge in [-0.05, 0) is 17.7 Å². The van der Waals surface area contributed by atoms with E-state index in [2.05, 4.69) is 40.6 Å². The Balaban J connectivity index is 2.36. The van der Waals surface area contributed by atoms with Crippen LogP contribution in [0.5, 0.6) is 0 Å². The second-order valence-electron chi connectivity index (χ2n) is 6.65. The largest absolute Gasteiger partial charge is 0.383 e. The SMILES string of the molecule is COCCNc1nc(Nc2cc(S(=O)(=O)OC)ccc2CS(=O)(=O)O)nc(SONCNCOC)n1. The molecule has 0 amide bonds. The van der Waals surface area contributed by atoms with Crippen molar-refractivity contribution in [1.82, 2.24) is 25.7 Å². The molecule has 1 aromatic carbocycles. The lowest BCUT2D eigenvalue weighted by atomic mass is 10.2. The summed E-state index contributed by atoms with van der Waals surface area (Å²) in [5, 5.41) is 8.67. The summed E-state index contributed by atoms with van der Waals surface area (Å²) in [4.78, 5) is 12.3. The molecule has 0 bridgehead atoms. The Kier molecular flexibility index (Phi) is 12.1. The number of benzene rings is 1. The van der Waals surface area contributed by atoms with Crippen molar-refractivity contribution in [2.24, 2.45) is 0 Å². The molecular formula is C17H27N7O9S3. The second kappa shape index (κ2) is 14.5. The number of nitrogens with zero attached hydrogens (tertiary/aromatic N) is 3. The van der Waals surface area contributed by atoms with Crippen LogP contribution < -0.4 is 21.4 Å². The first-order chi connectivity index (χ1) is 17.1. The third kappa shape index (κ3) is 10.4. The van der Waals surface area contributed by atoms with E-state index in [1.807, 2.05) is 0 Å². The van der Waals surface area contributed by atoms with Gasteiger partial charge in [0.1, 0.15) is 5.75 Å². The monoisotopic (exact) mass is 569 g/mol. The van der Waals surface area contributed by atoms with Crippen LogP contribution in [0.1, 0.15) is 5.56 Å². The fourth-order valence-corrected chi connectivity index (χ4v) is 4.23. The summed E-state index contributed by atoms with van der Waals surface area (Å²) >= 11 is 0.765. The van der Waals surface area contributed by atoms with Crippen molar-refractivity contribution >= 4 is 49.9 Å². The van der Waals surface area contributed by atoms with Crippen molar-refractivity contribution in [3.05, 3.63) is 23.8 Å². The molecule has 0 saturated heterocycles. The maximum atomic E-state index is 12.1. The van der Waals surface area contributed by atoms with Crippen LogP contribution in [0.2, 0.25) is 0 Å². The molecule has 5 N–H and O–H groups in total. The summed E-state index contributed by atoms with van der Waals surface area (Å²) in [6, 6.07) is 3.50. The van der Waals surface area contributed by atoms with Crippen LogP contribution in [0.3, 0.4) is 0 Å². The quantitative estimate of drug-likeness (QED) is 0.0426. The first-order valence-electron chi connectivity index (χ1n) is 9.98. The van der Waals surface area contributed by atoms with Crippen LogP contribution in [0.4, 0.5) is 17.6 Å². The minimum atomic E-state index is -4.45. The van der Waals surface area contributed by atoms with Crippen molar-refractivity contribution in [1.29, 1.82) is 0 Å². The second-order valence-corrected chi connectivity index (χ2v) is 10.5. The molecule has 0 atom stereocenters. The lowest BCUT2D eigenvalue weighted by Crippen LogP contribution is -2.28. The minimum Gasteiger partial charge on any atom is -0.383 e. The van der Waals surface area contributed by atoms with Crippen LogP contribution in [0.15, 0.2) is 28.3 Å². The molecule has 0 aliphatic rings. The maximum absolute atomic E-state index is 12.1. The van der Waals surface area contributed by atoms with Gasteiger partial charge in [-0.25, -0.2) is 4.28 Å². The molecule has 1 aromatic heterocycles. The van der Waals surface area contributed by atoms with E-state index in [1.165, 1.54) is 20.3 Å². The lowest BCUT2D eigenvalue weighted by Gasteiger charge is -2.14. The summed E-state index contributed by atoms with van der Waals surface area (Å²) in [6.07, 6.45) is 0. The average Bonchev–Trinajstić information content (AvgIpc) is 2.81. The topological polar surface area (TPSA) is 212 Å². The van der Waals surface area contributed by atoms with Crippen molar-refractivity contribution < 1.29 is 39.3 Å². The van der Waals surface area contributed by atoms with Gasteiger partial charge >= 0.3 is 0 Å². The first-order valence-corrected chi connectivity index (χ1v) is 13.7. The molecule has 1 heterocycles. The fourth-order valence-electron chi connectivity index (χ4n) is 2.46. The summed E-state index contributed by atoms with van der Waals surface area (Å²) in [5.41, 5.74) is 2.66. The summed E-state index contributed by atoms with van der Waals surface area (Å²) in [7, 11) is -4.51. The Bertz CT molecular complexity index is 1200. The van der Waals surface area contributed by atoms with Gasteiger partial charge in [0.15, 0.2) is 0 Å². The van der Waals surface area contributed by atoms with E-state index in [9.17, 15) is 21.4 Å². The zero-order valence-corrected chi connectivity index (χ0v) is 22.0. The third-order valence-corrected chi connectivity index (χ3v) is 6.48. The Labute approximate surface area is 212 Å². The van der Waals surface area contributed by atoms with E-state index >= 15 is 0 Å². The number of hydrogen-bond acceptors (Lipinski definition) is 16. The molecule has 202 valence electrons. The Hall–Kier alpha value is -2.20. The lowest BCUT2D eigenvalue weighted by molar-refractivity contribution is 0.148. The number of rotatable bonds is 17. The highest BCUT2D eigenvalue weighted by Crippen LogP contribution is 2.27. The molecule has 0 fully saturated rings. The zero-order chi connectivity index (χ0) is 26.6. The molecule has 0 aliphatic heterocycles. The predicted octanol–water partition coefficient (Wildman–Crippen LogP) is 0.0757. The van der Waals surface area contributed by atoms with Crippen molar-refractivity contribution in [2.45, 2.75) is 15.8 Å². The van der Waals surface area contributed by atoms with Crippen LogP contribution in [0, 0.1) is 0 Å². The summed E-state index contributed by atoms with van der Waals surface area (Å²) < 4.78 is 76.2. The number of aromatic nitrogens is 3. The number of methoxy groups -OCH3 is 2. The van der Waals surface area contributed by atoms with Crippen molar-refractivity contribution in [3.63, 3.8) is 0 Å². The van der Waals surface area contributed by atoms with Gasteiger partial charge in [0.05, 0.1) is 44.1 Å². The molecule has 2 rings (SSSR count). The Morgan fingerprint density at radius 1 is 1.03 bits per heavy atom. The Morgan fingerprint density at radius 3 is 2.44 bits per heavy atom. The molecule has 0 spiro atoms. The normalized spacial score (nSPS) is 12.0.